The average Bonchev–Trinajstić information content (AvgIpc) is 3.57. The van der Waals surface area contributed by atoms with E-state index in [9.17, 15) is 0 Å². The Morgan fingerprint density at radius 3 is 1.81 bits per heavy atom. The SMILES string of the molecule is C=C(/C=C(\C(=C\c1ccccc1)N(c1ccc(C)cc1)c1ccc(C)cc1)c1ccccc1)c1nc(-c2ccccc2)nc2c1oc1ccccc12. The number of furan rings is 1. The molecule has 52 heavy (non-hydrogen) atoms. The van der Waals surface area contributed by atoms with Gasteiger partial charge in [0.2, 0.25) is 0 Å². The third-order valence-corrected chi connectivity index (χ3v) is 9.16. The molecule has 8 aromatic rings. The summed E-state index contributed by atoms with van der Waals surface area (Å²) in [5.74, 6) is 0.617. The second-order valence-corrected chi connectivity index (χ2v) is 12.9. The normalized spacial score (nSPS) is 12.0. The minimum Gasteiger partial charge on any atom is -0.452 e. The van der Waals surface area contributed by atoms with Crippen LogP contribution in [0.4, 0.5) is 11.4 Å². The maximum Gasteiger partial charge on any atom is 0.180 e. The van der Waals surface area contributed by atoms with E-state index in [1.54, 1.807) is 0 Å². The van der Waals surface area contributed by atoms with Crippen molar-refractivity contribution >= 4 is 50.7 Å². The number of benzene rings is 6. The molecule has 0 aliphatic carbocycles. The van der Waals surface area contributed by atoms with Gasteiger partial charge in [0.05, 0.1) is 5.70 Å². The van der Waals surface area contributed by atoms with Gasteiger partial charge in [0.25, 0.3) is 0 Å². The number of hydrogen-bond donors (Lipinski definition) is 0. The number of fused-ring (bicyclic) bond motifs is 3. The van der Waals surface area contributed by atoms with E-state index >= 15 is 0 Å². The Hall–Kier alpha value is -6.78. The van der Waals surface area contributed by atoms with E-state index in [1.165, 1.54) is 11.1 Å². The van der Waals surface area contributed by atoms with E-state index in [-0.39, 0.29) is 0 Å². The predicted molar refractivity (Wildman–Crippen MR) is 217 cm³/mol. The third kappa shape index (κ3) is 6.58. The number of aromatic nitrogens is 2. The molecule has 0 N–H and O–H groups in total. The zero-order valence-electron chi connectivity index (χ0n) is 29.2. The number of hydrogen-bond acceptors (Lipinski definition) is 4. The average molecular weight is 672 g/mol. The molecule has 0 fully saturated rings. The fourth-order valence-electron chi connectivity index (χ4n) is 6.48. The van der Waals surface area contributed by atoms with Gasteiger partial charge in [-0.3, -0.25) is 0 Å². The molecule has 0 atom stereocenters. The summed E-state index contributed by atoms with van der Waals surface area (Å²) in [4.78, 5) is 12.5. The first kappa shape index (κ1) is 32.4. The Morgan fingerprint density at radius 2 is 1.17 bits per heavy atom. The molecule has 4 heteroatoms. The molecule has 0 radical (unpaired) electrons. The Kier molecular flexibility index (Phi) is 8.87. The van der Waals surface area contributed by atoms with Crippen LogP contribution in [0.15, 0.2) is 187 Å². The molecular formula is C48H37N3O. The van der Waals surface area contributed by atoms with Gasteiger partial charge >= 0.3 is 0 Å². The second-order valence-electron chi connectivity index (χ2n) is 12.9. The van der Waals surface area contributed by atoms with Crippen LogP contribution in [0.1, 0.15) is 27.9 Å². The Morgan fingerprint density at radius 1 is 0.615 bits per heavy atom. The van der Waals surface area contributed by atoms with Crippen LogP contribution in [0.25, 0.3) is 50.7 Å². The van der Waals surface area contributed by atoms with Gasteiger partial charge in [0.15, 0.2) is 11.4 Å². The van der Waals surface area contributed by atoms with Crippen molar-refractivity contribution in [1.82, 2.24) is 9.97 Å². The quantitative estimate of drug-likeness (QED) is 0.143. The van der Waals surface area contributed by atoms with Crippen LogP contribution in [0, 0.1) is 13.8 Å². The molecule has 0 amide bonds. The lowest BCUT2D eigenvalue weighted by atomic mass is 9.95. The van der Waals surface area contributed by atoms with E-state index in [0.29, 0.717) is 22.7 Å². The topological polar surface area (TPSA) is 42.2 Å². The van der Waals surface area contributed by atoms with Gasteiger partial charge in [-0.25, -0.2) is 9.97 Å². The highest BCUT2D eigenvalue weighted by Crippen LogP contribution is 2.40. The molecule has 2 heterocycles. The summed E-state index contributed by atoms with van der Waals surface area (Å²) in [6.45, 7) is 8.92. The van der Waals surface area contributed by atoms with Crippen molar-refractivity contribution in [2.45, 2.75) is 13.8 Å². The molecule has 2 aromatic heterocycles. The minimum absolute atomic E-state index is 0.608. The van der Waals surface area contributed by atoms with Gasteiger partial charge < -0.3 is 9.32 Å². The second kappa shape index (κ2) is 14.2. The van der Waals surface area contributed by atoms with Gasteiger partial charge in [-0.1, -0.05) is 145 Å². The summed E-state index contributed by atoms with van der Waals surface area (Å²) < 4.78 is 6.51. The van der Waals surface area contributed by atoms with Crippen LogP contribution in [0.5, 0.6) is 0 Å². The smallest absolute Gasteiger partial charge is 0.180 e. The lowest BCUT2D eigenvalue weighted by molar-refractivity contribution is 0.664. The number of nitrogens with zero attached hydrogens (tertiary/aromatic N) is 3. The van der Waals surface area contributed by atoms with Crippen molar-refractivity contribution in [3.63, 3.8) is 0 Å². The Labute approximate surface area is 304 Å². The molecule has 0 saturated heterocycles. The molecule has 0 unspecified atom stereocenters. The Balaban J connectivity index is 1.40. The molecular weight excluding hydrogens is 635 g/mol. The number of allylic oxidation sites excluding steroid dienone is 3. The number of para-hydroxylation sites is 1. The number of anilines is 2. The van der Waals surface area contributed by atoms with Gasteiger partial charge in [-0.15, -0.1) is 0 Å². The zero-order valence-corrected chi connectivity index (χ0v) is 29.2. The predicted octanol–water partition coefficient (Wildman–Crippen LogP) is 12.6. The zero-order chi connectivity index (χ0) is 35.4. The first-order valence-corrected chi connectivity index (χ1v) is 17.4. The van der Waals surface area contributed by atoms with Crippen molar-refractivity contribution in [1.29, 1.82) is 0 Å². The monoisotopic (exact) mass is 671 g/mol. The highest BCUT2D eigenvalue weighted by molar-refractivity contribution is 6.07. The third-order valence-electron chi connectivity index (χ3n) is 9.16. The Bertz CT molecular complexity index is 2520. The summed E-state index contributed by atoms with van der Waals surface area (Å²) in [5, 5.41) is 0.938. The van der Waals surface area contributed by atoms with Crippen molar-refractivity contribution in [3.05, 3.63) is 210 Å². The van der Waals surface area contributed by atoms with Crippen molar-refractivity contribution in [2.75, 3.05) is 4.90 Å². The highest BCUT2D eigenvalue weighted by Gasteiger charge is 2.23. The lowest BCUT2D eigenvalue weighted by Crippen LogP contribution is -2.18. The first-order chi connectivity index (χ1) is 25.5. The van der Waals surface area contributed by atoms with E-state index in [1.807, 2.05) is 66.7 Å². The van der Waals surface area contributed by atoms with Crippen molar-refractivity contribution < 1.29 is 4.42 Å². The maximum absolute atomic E-state index is 6.51. The molecule has 0 aliphatic rings. The number of rotatable bonds is 9. The summed E-state index contributed by atoms with van der Waals surface area (Å²) in [7, 11) is 0. The van der Waals surface area contributed by atoms with Gasteiger partial charge in [-0.2, -0.15) is 0 Å². The standard InChI is InChI=1S/C48H37N3O/c1-33-23-27-39(28-24-33)51(40-29-25-34(2)26-30-40)43(32-36-15-7-4-8-16-36)42(37-17-9-5-10-18-37)31-35(3)45-47-46(41-21-13-14-22-44(41)52-47)50-48(49-45)38-19-11-6-12-20-38/h4-32H,3H2,1-2H3/b42-31-,43-32-. The van der Waals surface area contributed by atoms with Crippen LogP contribution in [-0.2, 0) is 0 Å². The first-order valence-electron chi connectivity index (χ1n) is 17.4. The van der Waals surface area contributed by atoms with Gasteiger partial charge in [-0.05, 0) is 79.1 Å². The number of aryl methyl sites for hydroxylation is 2. The van der Waals surface area contributed by atoms with E-state index in [2.05, 4.69) is 128 Å². The molecule has 0 saturated carbocycles. The molecule has 6 aromatic carbocycles. The summed E-state index contributed by atoms with van der Waals surface area (Å²) in [6, 6.07) is 56.4. The van der Waals surface area contributed by atoms with Crippen molar-refractivity contribution in [3.8, 4) is 11.4 Å². The molecule has 8 rings (SSSR count). The lowest BCUT2D eigenvalue weighted by Gasteiger charge is -2.30. The molecule has 0 spiro atoms. The van der Waals surface area contributed by atoms with E-state index in [0.717, 1.165) is 55.8 Å². The van der Waals surface area contributed by atoms with Gasteiger partial charge in [0.1, 0.15) is 16.8 Å². The summed E-state index contributed by atoms with van der Waals surface area (Å²) >= 11 is 0. The highest BCUT2D eigenvalue weighted by atomic mass is 16.3. The van der Waals surface area contributed by atoms with Crippen LogP contribution in [0.3, 0.4) is 0 Å². The molecule has 250 valence electrons. The summed E-state index contributed by atoms with van der Waals surface area (Å²) in [5.41, 5.74) is 12.9. The fraction of sp³-hybridized carbons (Fsp3) is 0.0417. The van der Waals surface area contributed by atoms with Crippen molar-refractivity contribution in [2.24, 2.45) is 0 Å². The van der Waals surface area contributed by atoms with Crippen LogP contribution < -0.4 is 4.90 Å². The van der Waals surface area contributed by atoms with E-state index < -0.39 is 0 Å². The summed E-state index contributed by atoms with van der Waals surface area (Å²) in [6.07, 6.45) is 4.39. The van der Waals surface area contributed by atoms with Crippen LogP contribution >= 0.6 is 0 Å². The maximum atomic E-state index is 6.51. The van der Waals surface area contributed by atoms with Crippen LogP contribution in [0.2, 0.25) is 0 Å². The largest absolute Gasteiger partial charge is 0.452 e. The van der Waals surface area contributed by atoms with E-state index in [4.69, 9.17) is 21.0 Å². The fourth-order valence-corrected chi connectivity index (χ4v) is 6.48. The minimum atomic E-state index is 0.608. The molecule has 0 bridgehead atoms. The molecule has 4 nitrogen and oxygen atoms in total. The van der Waals surface area contributed by atoms with Gasteiger partial charge in [0, 0.05) is 27.9 Å². The van der Waals surface area contributed by atoms with Crippen LogP contribution in [-0.4, -0.2) is 9.97 Å². The molecule has 0 aliphatic heterocycles.